The second-order valence-electron chi connectivity index (χ2n) is 13.3. The van der Waals surface area contributed by atoms with E-state index in [0.29, 0.717) is 10.7 Å². The zero-order valence-corrected chi connectivity index (χ0v) is 29.4. The van der Waals surface area contributed by atoms with E-state index in [4.69, 9.17) is 20.3 Å². The van der Waals surface area contributed by atoms with Gasteiger partial charge in [0, 0.05) is 68.2 Å². The fourth-order valence-corrected chi connectivity index (χ4v) is 8.50. The first kappa shape index (κ1) is 38.5. The number of benzene rings is 1. The standard InChI is InChI=1S/C13H23NO.C10H8F2NO4PS.C10H18N2O2/c1-10-12(6-4-8-15)13(10)9-11-5-3-7-14(11)2;11-10(12,18(15,16)17)6-1-2-7-5(3-6)4-8(19-7)9(13)14;13-9-11-3-5-12(6-4-11)10-1-7-14-8-2-10/h8,10-13H,3-7,9H2,1-2H3;1-4H,(H2,13,14)(H2,15,16,17);9-10H,1-8H2/t10?,11-,12?,13?;;/m1../s1. The minimum absolute atomic E-state index is 0.187. The molecule has 3 aliphatic heterocycles. The van der Waals surface area contributed by atoms with E-state index < -0.39 is 24.7 Å². The summed E-state index contributed by atoms with van der Waals surface area (Å²) in [5.41, 5.74) is -0.00188. The summed E-state index contributed by atoms with van der Waals surface area (Å²) < 4.78 is 43.7. The van der Waals surface area contributed by atoms with Gasteiger partial charge in [0.1, 0.15) is 6.29 Å². The number of nitrogens with zero attached hydrogens (tertiary/aromatic N) is 3. The maximum absolute atomic E-state index is 13.5. The summed E-state index contributed by atoms with van der Waals surface area (Å²) in [4.78, 5) is 56.2. The quantitative estimate of drug-likeness (QED) is 0.239. The minimum atomic E-state index is -5.60. The Morgan fingerprint density at radius 2 is 1.77 bits per heavy atom. The Morgan fingerprint density at radius 3 is 2.33 bits per heavy atom. The van der Waals surface area contributed by atoms with Crippen molar-refractivity contribution in [3.63, 3.8) is 0 Å². The summed E-state index contributed by atoms with van der Waals surface area (Å²) in [6, 6.07) is 5.96. The molecule has 0 spiro atoms. The molecule has 4 N–H and O–H groups in total. The number of nitrogens with two attached hydrogens (primary N) is 1. The highest BCUT2D eigenvalue weighted by molar-refractivity contribution is 7.52. The van der Waals surface area contributed by atoms with Gasteiger partial charge in [0.05, 0.1) is 4.88 Å². The number of rotatable bonds is 10. The molecule has 1 saturated carbocycles. The molecule has 1 aromatic carbocycles. The number of fused-ring (bicyclic) bond motifs is 1. The molecule has 15 heteroatoms. The predicted molar refractivity (Wildman–Crippen MR) is 181 cm³/mol. The van der Waals surface area contributed by atoms with Crippen LogP contribution < -0.4 is 5.73 Å². The monoisotopic (exact) mass is 714 g/mol. The average molecular weight is 715 g/mol. The van der Waals surface area contributed by atoms with Crippen LogP contribution in [0.2, 0.25) is 0 Å². The number of amides is 2. The van der Waals surface area contributed by atoms with Gasteiger partial charge in [-0.1, -0.05) is 13.0 Å². The zero-order chi connectivity index (χ0) is 35.1. The van der Waals surface area contributed by atoms with Gasteiger partial charge in [-0.15, -0.1) is 11.3 Å². The highest BCUT2D eigenvalue weighted by atomic mass is 32.1. The van der Waals surface area contributed by atoms with Gasteiger partial charge in [0.2, 0.25) is 6.41 Å². The van der Waals surface area contributed by atoms with Crippen LogP contribution in [0.15, 0.2) is 24.3 Å². The number of hydrogen-bond acceptors (Lipinski definition) is 8. The molecule has 4 atom stereocenters. The van der Waals surface area contributed by atoms with Crippen LogP contribution in [0.1, 0.15) is 67.1 Å². The normalized spacial score (nSPS) is 25.5. The van der Waals surface area contributed by atoms with Crippen molar-refractivity contribution in [3.05, 3.63) is 34.7 Å². The number of hydrogen-bond donors (Lipinski definition) is 3. The smallest absolute Gasteiger partial charge is 0.381 e. The van der Waals surface area contributed by atoms with Gasteiger partial charge in [-0.2, -0.15) is 8.78 Å². The lowest BCUT2D eigenvalue weighted by atomic mass is 10.1. The summed E-state index contributed by atoms with van der Waals surface area (Å²) >= 11 is 1.02. The summed E-state index contributed by atoms with van der Waals surface area (Å²) in [5, 5.41) is 0.282. The molecule has 4 fully saturated rings. The second kappa shape index (κ2) is 17.1. The Bertz CT molecular complexity index is 1430. The number of carbonyl (C=O) groups excluding carboxylic acids is 3. The van der Waals surface area contributed by atoms with Crippen LogP contribution in [0.25, 0.3) is 10.1 Å². The van der Waals surface area contributed by atoms with Crippen LogP contribution in [-0.2, 0) is 24.6 Å². The molecule has 11 nitrogen and oxygen atoms in total. The molecule has 4 heterocycles. The van der Waals surface area contributed by atoms with E-state index in [1.54, 1.807) is 0 Å². The Kier molecular flexibility index (Phi) is 13.7. The Balaban J connectivity index is 0.000000165. The van der Waals surface area contributed by atoms with E-state index in [1.165, 1.54) is 37.9 Å². The van der Waals surface area contributed by atoms with E-state index in [2.05, 4.69) is 23.8 Å². The summed E-state index contributed by atoms with van der Waals surface area (Å²) in [5.74, 6) is 1.95. The fourth-order valence-electron chi connectivity index (χ4n) is 7.13. The molecule has 0 radical (unpaired) electrons. The molecule has 2 aromatic rings. The Morgan fingerprint density at radius 1 is 1.08 bits per heavy atom. The van der Waals surface area contributed by atoms with E-state index in [9.17, 15) is 27.7 Å². The third-order valence-corrected chi connectivity index (χ3v) is 12.4. The van der Waals surface area contributed by atoms with Gasteiger partial charge in [0.15, 0.2) is 0 Å². The first-order chi connectivity index (χ1) is 22.8. The molecule has 2 amide bonds. The average Bonchev–Trinajstić information content (AvgIpc) is 3.36. The van der Waals surface area contributed by atoms with Crippen molar-refractivity contribution in [1.29, 1.82) is 0 Å². The van der Waals surface area contributed by atoms with Crippen molar-refractivity contribution in [2.45, 2.75) is 69.6 Å². The first-order valence-electron chi connectivity index (χ1n) is 16.7. The topological polar surface area (TPSA) is 154 Å². The van der Waals surface area contributed by atoms with Crippen LogP contribution in [0.3, 0.4) is 0 Å². The molecule has 3 unspecified atom stereocenters. The van der Waals surface area contributed by atoms with Crippen molar-refractivity contribution < 1.29 is 42.3 Å². The summed E-state index contributed by atoms with van der Waals surface area (Å²) in [6.45, 7) is 9.28. The van der Waals surface area contributed by atoms with Crippen molar-refractivity contribution >= 4 is 47.6 Å². The molecule has 0 bridgehead atoms. The highest BCUT2D eigenvalue weighted by Gasteiger charge is 2.50. The fraction of sp³-hybridized carbons (Fsp3) is 0.667. The van der Waals surface area contributed by atoms with Crippen LogP contribution in [-0.4, -0.2) is 108 Å². The molecule has 1 aromatic heterocycles. The third kappa shape index (κ3) is 9.89. The number of carbonyl (C=O) groups is 3. The Labute approximate surface area is 284 Å². The third-order valence-electron chi connectivity index (χ3n) is 10.3. The second-order valence-corrected chi connectivity index (χ2v) is 16.0. The van der Waals surface area contributed by atoms with Crippen LogP contribution in [0.5, 0.6) is 0 Å². The number of halogens is 2. The highest BCUT2D eigenvalue weighted by Crippen LogP contribution is 2.59. The molecule has 4 aliphatic rings. The number of aldehydes is 1. The molecular weight excluding hydrogens is 665 g/mol. The zero-order valence-electron chi connectivity index (χ0n) is 27.7. The van der Waals surface area contributed by atoms with Gasteiger partial charge in [-0.25, -0.2) is 0 Å². The van der Waals surface area contributed by atoms with Gasteiger partial charge < -0.3 is 34.9 Å². The molecule has 6 rings (SSSR count). The number of thiophene rings is 1. The minimum Gasteiger partial charge on any atom is -0.381 e. The molecule has 1 aliphatic carbocycles. The summed E-state index contributed by atoms with van der Waals surface area (Å²) in [6.07, 6.45) is 10.4. The lowest BCUT2D eigenvalue weighted by Crippen LogP contribution is -2.51. The van der Waals surface area contributed by atoms with Crippen LogP contribution in [0.4, 0.5) is 8.78 Å². The number of primary amides is 1. The van der Waals surface area contributed by atoms with Gasteiger partial charge in [-0.3, -0.25) is 19.1 Å². The van der Waals surface area contributed by atoms with Gasteiger partial charge in [-0.05, 0) is 93.5 Å². The molecule has 268 valence electrons. The number of likely N-dealkylation sites (tertiary alicyclic amines) is 1. The van der Waals surface area contributed by atoms with Gasteiger partial charge in [0.25, 0.3) is 5.91 Å². The van der Waals surface area contributed by atoms with Gasteiger partial charge >= 0.3 is 13.3 Å². The maximum atomic E-state index is 13.5. The largest absolute Gasteiger partial charge is 0.399 e. The number of alkyl halides is 2. The van der Waals surface area contributed by atoms with E-state index in [0.717, 1.165) is 125 Å². The van der Waals surface area contributed by atoms with Crippen molar-refractivity contribution in [3.8, 4) is 0 Å². The summed E-state index contributed by atoms with van der Waals surface area (Å²) in [7, 11) is -3.35. The Hall–Kier alpha value is -2.32. The number of ether oxygens (including phenoxy) is 1. The lowest BCUT2D eigenvalue weighted by molar-refractivity contribution is -0.120. The van der Waals surface area contributed by atoms with Crippen molar-refractivity contribution in [2.75, 3.05) is 53.0 Å². The lowest BCUT2D eigenvalue weighted by Gasteiger charge is -2.39. The number of piperazine rings is 1. The predicted octanol–water partition coefficient (Wildman–Crippen LogP) is 4.50. The first-order valence-corrected chi connectivity index (χ1v) is 19.1. The van der Waals surface area contributed by atoms with E-state index in [-0.39, 0.29) is 10.3 Å². The van der Waals surface area contributed by atoms with E-state index >= 15 is 0 Å². The van der Waals surface area contributed by atoms with Crippen LogP contribution >= 0.6 is 18.9 Å². The maximum Gasteiger partial charge on any atom is 0.399 e. The molecule has 3 saturated heterocycles. The van der Waals surface area contributed by atoms with Crippen LogP contribution in [0, 0.1) is 17.8 Å². The SMILES string of the molecule is CC1C(CCC=O)C1C[C@H]1CCCN1C.NC(=O)c1cc2cc(C(F)(F)P(=O)(O)O)ccc2s1.O=CN1CCN(C2CCOCC2)CC1. The molecular formula is C33H49F2N4O7PS. The van der Waals surface area contributed by atoms with Crippen molar-refractivity contribution in [1.82, 2.24) is 14.7 Å². The van der Waals surface area contributed by atoms with E-state index in [1.807, 2.05) is 4.90 Å². The van der Waals surface area contributed by atoms with Crippen molar-refractivity contribution in [2.24, 2.45) is 23.5 Å². The molecule has 48 heavy (non-hydrogen) atoms.